The zero-order valence-corrected chi connectivity index (χ0v) is 13.1. The molecule has 0 bridgehead atoms. The van der Waals surface area contributed by atoms with Gasteiger partial charge in [0, 0.05) is 0 Å². The number of rotatable bonds is 3. The summed E-state index contributed by atoms with van der Waals surface area (Å²) in [6, 6.07) is 8.30. The zero-order valence-electron chi connectivity index (χ0n) is 13.1. The lowest BCUT2D eigenvalue weighted by molar-refractivity contribution is -0.132. The summed E-state index contributed by atoms with van der Waals surface area (Å²) in [4.78, 5) is 26.2. The average Bonchev–Trinajstić information content (AvgIpc) is 3.19. The fraction of sp³-hybridized carbons (Fsp3) is 0.294. The number of ether oxygens (including phenoxy) is 2. The van der Waals surface area contributed by atoms with E-state index in [0.717, 1.165) is 5.56 Å². The minimum Gasteiger partial charge on any atom is -0.486 e. The van der Waals surface area contributed by atoms with Gasteiger partial charge in [0.2, 0.25) is 0 Å². The molecule has 2 aliphatic heterocycles. The maximum atomic E-state index is 12.8. The van der Waals surface area contributed by atoms with Crippen LogP contribution in [-0.4, -0.2) is 30.1 Å². The summed E-state index contributed by atoms with van der Waals surface area (Å²) in [5, 5.41) is 2.70. The molecule has 1 unspecified atom stereocenters. The minimum absolute atomic E-state index is 0.150. The van der Waals surface area contributed by atoms with E-state index in [1.54, 1.807) is 31.2 Å². The summed E-state index contributed by atoms with van der Waals surface area (Å²) in [6.45, 7) is 2.78. The molecule has 1 saturated heterocycles. The van der Waals surface area contributed by atoms with Crippen LogP contribution in [0.3, 0.4) is 0 Å². The molecule has 1 atom stereocenters. The summed E-state index contributed by atoms with van der Waals surface area (Å²) in [7, 11) is 0. The van der Waals surface area contributed by atoms with Gasteiger partial charge in [-0.3, -0.25) is 9.69 Å². The smallest absolute Gasteiger partial charge is 0.325 e. The van der Waals surface area contributed by atoms with Gasteiger partial charge in [0.05, 0.1) is 12.8 Å². The normalized spacial score (nSPS) is 22.6. The molecule has 124 valence electrons. The highest BCUT2D eigenvalue weighted by molar-refractivity contribution is 6.06. The molecule has 1 aromatic heterocycles. The lowest BCUT2D eigenvalue weighted by Crippen LogP contribution is -2.40. The second-order valence-electron chi connectivity index (χ2n) is 5.90. The molecule has 2 aliphatic rings. The largest absolute Gasteiger partial charge is 0.486 e. The molecule has 1 N–H and O–H groups in total. The van der Waals surface area contributed by atoms with Crippen molar-refractivity contribution < 1.29 is 23.5 Å². The van der Waals surface area contributed by atoms with Crippen molar-refractivity contribution in [1.29, 1.82) is 0 Å². The SMILES string of the molecule is CC1(c2ccco2)NC(=O)N(Cc2ccc3c(c2)OCCO3)C1=O. The Balaban J connectivity index is 1.59. The van der Waals surface area contributed by atoms with E-state index in [1.165, 1.54) is 11.2 Å². The van der Waals surface area contributed by atoms with Crippen molar-refractivity contribution in [2.24, 2.45) is 0 Å². The molecule has 7 nitrogen and oxygen atoms in total. The summed E-state index contributed by atoms with van der Waals surface area (Å²) in [5.41, 5.74) is -0.402. The molecule has 0 aliphatic carbocycles. The van der Waals surface area contributed by atoms with Crippen molar-refractivity contribution in [3.63, 3.8) is 0 Å². The lowest BCUT2D eigenvalue weighted by atomic mass is 9.99. The number of hydrogen-bond acceptors (Lipinski definition) is 5. The number of hydrogen-bond donors (Lipinski definition) is 1. The van der Waals surface area contributed by atoms with Gasteiger partial charge < -0.3 is 19.2 Å². The van der Waals surface area contributed by atoms with Crippen molar-refractivity contribution in [2.45, 2.75) is 19.0 Å². The summed E-state index contributed by atoms with van der Waals surface area (Å²) >= 11 is 0. The van der Waals surface area contributed by atoms with E-state index < -0.39 is 11.6 Å². The molecule has 1 fully saturated rings. The second-order valence-corrected chi connectivity index (χ2v) is 5.90. The number of carbonyl (C=O) groups is 2. The highest BCUT2D eigenvalue weighted by Gasteiger charge is 2.50. The monoisotopic (exact) mass is 328 g/mol. The number of benzene rings is 1. The van der Waals surface area contributed by atoms with Gasteiger partial charge in [-0.15, -0.1) is 0 Å². The number of carbonyl (C=O) groups excluding carboxylic acids is 2. The summed E-state index contributed by atoms with van der Waals surface area (Å²) in [5.74, 6) is 1.35. The van der Waals surface area contributed by atoms with Crippen molar-refractivity contribution in [3.05, 3.63) is 47.9 Å². The first-order valence-electron chi connectivity index (χ1n) is 7.64. The third-order valence-corrected chi connectivity index (χ3v) is 4.24. The fourth-order valence-electron chi connectivity index (χ4n) is 2.94. The number of amides is 3. The number of urea groups is 1. The van der Waals surface area contributed by atoms with E-state index >= 15 is 0 Å². The quantitative estimate of drug-likeness (QED) is 0.872. The van der Waals surface area contributed by atoms with Crippen molar-refractivity contribution in [2.75, 3.05) is 13.2 Å². The number of nitrogens with one attached hydrogen (secondary N) is 1. The molecule has 0 radical (unpaired) electrons. The molecule has 2 aromatic rings. The first-order valence-corrected chi connectivity index (χ1v) is 7.64. The maximum Gasteiger partial charge on any atom is 0.325 e. The standard InChI is InChI=1S/C17H16N2O5/c1-17(14-3-2-6-24-14)15(20)19(16(21)18-17)10-11-4-5-12-13(9-11)23-8-7-22-12/h2-6,9H,7-8,10H2,1H3,(H,18,21). The number of nitrogens with zero attached hydrogens (tertiary/aromatic N) is 1. The van der Waals surface area contributed by atoms with Crippen LogP contribution in [0.25, 0.3) is 0 Å². The first-order chi connectivity index (χ1) is 11.6. The van der Waals surface area contributed by atoms with Crippen LogP contribution in [0.5, 0.6) is 11.5 Å². The number of fused-ring (bicyclic) bond motifs is 1. The van der Waals surface area contributed by atoms with Gasteiger partial charge in [-0.2, -0.15) is 0 Å². The highest BCUT2D eigenvalue weighted by atomic mass is 16.6. The van der Waals surface area contributed by atoms with E-state index in [9.17, 15) is 9.59 Å². The molecule has 0 spiro atoms. The predicted octanol–water partition coefficient (Wildman–Crippen LogP) is 2.02. The van der Waals surface area contributed by atoms with Crippen LogP contribution in [0.2, 0.25) is 0 Å². The van der Waals surface area contributed by atoms with E-state index in [0.29, 0.717) is 30.5 Å². The second kappa shape index (κ2) is 5.30. The minimum atomic E-state index is -1.19. The van der Waals surface area contributed by atoms with Gasteiger partial charge in [-0.25, -0.2) is 4.79 Å². The van der Waals surface area contributed by atoms with Gasteiger partial charge >= 0.3 is 6.03 Å². The summed E-state index contributed by atoms with van der Waals surface area (Å²) in [6.07, 6.45) is 1.48. The number of furan rings is 1. The third kappa shape index (κ3) is 2.20. The van der Waals surface area contributed by atoms with E-state index in [-0.39, 0.29) is 12.5 Å². The topological polar surface area (TPSA) is 81.0 Å². The Morgan fingerprint density at radius 3 is 2.71 bits per heavy atom. The Hall–Kier alpha value is -2.96. The van der Waals surface area contributed by atoms with Gasteiger partial charge in [0.25, 0.3) is 5.91 Å². The van der Waals surface area contributed by atoms with Crippen LogP contribution in [-0.2, 0) is 16.9 Å². The van der Waals surface area contributed by atoms with Crippen molar-refractivity contribution in [1.82, 2.24) is 10.2 Å². The Bertz CT molecular complexity index is 801. The molecule has 24 heavy (non-hydrogen) atoms. The molecule has 7 heteroatoms. The third-order valence-electron chi connectivity index (χ3n) is 4.24. The van der Waals surface area contributed by atoms with Gasteiger partial charge in [-0.05, 0) is 36.8 Å². The maximum absolute atomic E-state index is 12.8. The van der Waals surface area contributed by atoms with Crippen LogP contribution in [0.15, 0.2) is 41.0 Å². The summed E-state index contributed by atoms with van der Waals surface area (Å²) < 4.78 is 16.3. The molecule has 1 aromatic carbocycles. The Labute approximate surface area is 138 Å². The van der Waals surface area contributed by atoms with Crippen LogP contribution < -0.4 is 14.8 Å². The highest BCUT2D eigenvalue weighted by Crippen LogP contribution is 2.33. The average molecular weight is 328 g/mol. The van der Waals surface area contributed by atoms with Crippen LogP contribution in [0, 0.1) is 0 Å². The Morgan fingerprint density at radius 2 is 1.96 bits per heavy atom. The predicted molar refractivity (Wildman–Crippen MR) is 82.6 cm³/mol. The Morgan fingerprint density at radius 1 is 1.17 bits per heavy atom. The fourth-order valence-corrected chi connectivity index (χ4v) is 2.94. The van der Waals surface area contributed by atoms with Crippen LogP contribution in [0.4, 0.5) is 4.79 Å². The molecule has 3 amide bonds. The van der Waals surface area contributed by atoms with E-state index in [2.05, 4.69) is 5.32 Å². The molecule has 3 heterocycles. The molecular formula is C17H16N2O5. The Kier molecular flexibility index (Phi) is 3.23. The number of imide groups is 1. The van der Waals surface area contributed by atoms with Crippen LogP contribution >= 0.6 is 0 Å². The first kappa shape index (κ1) is 14.6. The van der Waals surface area contributed by atoms with Gasteiger partial charge in [-0.1, -0.05) is 6.07 Å². The van der Waals surface area contributed by atoms with Gasteiger partial charge in [0.1, 0.15) is 19.0 Å². The van der Waals surface area contributed by atoms with Crippen LogP contribution in [0.1, 0.15) is 18.2 Å². The van der Waals surface area contributed by atoms with E-state index in [4.69, 9.17) is 13.9 Å². The molecular weight excluding hydrogens is 312 g/mol. The van der Waals surface area contributed by atoms with Crippen molar-refractivity contribution in [3.8, 4) is 11.5 Å². The zero-order chi connectivity index (χ0) is 16.7. The van der Waals surface area contributed by atoms with E-state index in [1.807, 2.05) is 6.07 Å². The molecule has 0 saturated carbocycles. The molecule has 4 rings (SSSR count). The lowest BCUT2D eigenvalue weighted by Gasteiger charge is -2.21. The van der Waals surface area contributed by atoms with Crippen molar-refractivity contribution >= 4 is 11.9 Å². The van der Waals surface area contributed by atoms with Gasteiger partial charge in [0.15, 0.2) is 17.0 Å².